The third-order valence-corrected chi connectivity index (χ3v) is 23.3. The number of fused-ring (bicyclic) bond motifs is 6. The molecule has 12 saturated heterocycles. The Morgan fingerprint density at radius 3 is 1.14 bits per heavy atom. The van der Waals surface area contributed by atoms with E-state index in [-0.39, 0.29) is 88.7 Å². The molecule has 18 nitrogen and oxygen atoms in total. The molecule has 0 aromatic carbocycles. The molecule has 1 unspecified atom stereocenters. The van der Waals surface area contributed by atoms with Crippen molar-refractivity contribution in [3.8, 4) is 0 Å². The smallest absolute Gasteiger partial charge is 0.310 e. The van der Waals surface area contributed by atoms with Crippen molar-refractivity contribution in [3.63, 3.8) is 0 Å². The van der Waals surface area contributed by atoms with Crippen molar-refractivity contribution in [2.75, 3.05) is 0 Å². The zero-order chi connectivity index (χ0) is 58.1. The summed E-state index contributed by atoms with van der Waals surface area (Å²) in [5, 5.41) is 0. The SMILES string of the molecule is CC(C)C(=O)CCC(=O)O[C@@H]1O[C@@H]2O[C@@]3(C)CC[C@H]4[C@H](C)CC[C@@](C)([C@H]1C)[C@@]24OO3.CC(C)C(=O)O[C@@H]1O[C@@H]2O[C@@]3(C)CC[C@H]4[C@H](C)CC[C@@](C)([C@H]1C)[C@@]24OO3.CC(C)OC1O[C@@H]2O[C@@]3(C)CC[C@H]4[C@H](C)CC[C@@](C)([C@H]1C)[C@@]24OO3. The highest BCUT2D eigenvalue weighted by Crippen LogP contribution is 2.69. The summed E-state index contributed by atoms with van der Waals surface area (Å²) in [6.07, 6.45) is 8.69. The zero-order valence-corrected chi connectivity index (χ0v) is 51.6. The normalized spacial score (nSPS) is 52.1. The fraction of sp³-hybridized carbons (Fsp3) is 0.952. The predicted molar refractivity (Wildman–Crippen MR) is 287 cm³/mol. The minimum absolute atomic E-state index is 0.0221. The fourth-order valence-corrected chi connectivity index (χ4v) is 17.1. The van der Waals surface area contributed by atoms with E-state index in [1.165, 1.54) is 6.42 Å². The lowest BCUT2D eigenvalue weighted by atomic mass is 9.50. The van der Waals surface area contributed by atoms with Gasteiger partial charge in [0, 0.05) is 65.6 Å². The molecule has 0 aromatic heterocycles. The number of hydrogen-bond acceptors (Lipinski definition) is 18. The molecular formula is C62H100O18. The van der Waals surface area contributed by atoms with Crippen LogP contribution in [0, 0.1) is 81.3 Å². The van der Waals surface area contributed by atoms with E-state index in [4.69, 9.17) is 72.0 Å². The van der Waals surface area contributed by atoms with Gasteiger partial charge in [-0.1, -0.05) is 90.0 Å². The van der Waals surface area contributed by atoms with Crippen molar-refractivity contribution in [2.24, 2.45) is 81.3 Å². The summed E-state index contributed by atoms with van der Waals surface area (Å²) in [6, 6.07) is 0. The van der Waals surface area contributed by atoms with Gasteiger partial charge in [-0.15, -0.1) is 0 Å². The highest BCUT2D eigenvalue weighted by atomic mass is 17.3. The third kappa shape index (κ3) is 9.54. The molecule has 0 aromatic rings. The molecule has 3 aliphatic carbocycles. The lowest BCUT2D eigenvalue weighted by Gasteiger charge is -2.65. The van der Waals surface area contributed by atoms with E-state index < -0.39 is 71.6 Å². The van der Waals surface area contributed by atoms with Gasteiger partial charge in [-0.05, 0) is 128 Å². The molecule has 12 aliphatic heterocycles. The molecule has 15 aliphatic rings. The molecule has 15 fully saturated rings. The Labute approximate surface area is 476 Å². The van der Waals surface area contributed by atoms with Crippen LogP contribution in [0.1, 0.15) is 215 Å². The Bertz CT molecular complexity index is 2300. The van der Waals surface area contributed by atoms with Gasteiger partial charge in [-0.2, -0.15) is 0 Å². The summed E-state index contributed by atoms with van der Waals surface area (Å²) >= 11 is 0. The highest BCUT2D eigenvalue weighted by molar-refractivity contribution is 5.84. The van der Waals surface area contributed by atoms with Crippen LogP contribution in [0.4, 0.5) is 0 Å². The van der Waals surface area contributed by atoms with Gasteiger partial charge in [0.05, 0.1) is 18.4 Å². The molecule has 80 heavy (non-hydrogen) atoms. The van der Waals surface area contributed by atoms with E-state index >= 15 is 0 Å². The maximum absolute atomic E-state index is 12.5. The molecule has 0 radical (unpaired) electrons. The molecule has 0 N–H and O–H groups in total. The molecule has 3 spiro atoms. The van der Waals surface area contributed by atoms with Crippen LogP contribution in [0.3, 0.4) is 0 Å². The molecular weight excluding hydrogens is 1030 g/mol. The fourth-order valence-electron chi connectivity index (χ4n) is 17.1. The lowest BCUT2D eigenvalue weighted by Crippen LogP contribution is -2.74. The van der Waals surface area contributed by atoms with Gasteiger partial charge >= 0.3 is 11.9 Å². The number of ether oxygens (including phenoxy) is 9. The highest BCUT2D eigenvalue weighted by Gasteiger charge is 2.78. The summed E-state index contributed by atoms with van der Waals surface area (Å²) in [5.41, 5.74) is -2.63. The average molecular weight is 1130 g/mol. The van der Waals surface area contributed by atoms with Crippen LogP contribution in [0.25, 0.3) is 0 Å². The second-order valence-corrected chi connectivity index (χ2v) is 29.1. The van der Waals surface area contributed by atoms with E-state index in [0.717, 1.165) is 70.6 Å². The van der Waals surface area contributed by atoms with Crippen LogP contribution >= 0.6 is 0 Å². The van der Waals surface area contributed by atoms with Crippen molar-refractivity contribution in [1.29, 1.82) is 0 Å². The van der Waals surface area contributed by atoms with E-state index in [1.54, 1.807) is 0 Å². The summed E-state index contributed by atoms with van der Waals surface area (Å²) in [5.74, 6) is -0.760. The van der Waals surface area contributed by atoms with Gasteiger partial charge < -0.3 is 42.6 Å². The molecule has 3 saturated carbocycles. The van der Waals surface area contributed by atoms with Crippen LogP contribution in [0.5, 0.6) is 0 Å². The van der Waals surface area contributed by atoms with Crippen LogP contribution in [0.15, 0.2) is 0 Å². The second kappa shape index (κ2) is 21.5. The van der Waals surface area contributed by atoms with Gasteiger partial charge in [0.2, 0.25) is 29.9 Å². The van der Waals surface area contributed by atoms with Crippen LogP contribution in [0.2, 0.25) is 0 Å². The average Bonchev–Trinajstić information content (AvgIpc) is 2.90. The topological polar surface area (TPSA) is 190 Å². The summed E-state index contributed by atoms with van der Waals surface area (Å²) in [7, 11) is 0. The van der Waals surface area contributed by atoms with Gasteiger partial charge in [0.25, 0.3) is 0 Å². The predicted octanol–water partition coefficient (Wildman–Crippen LogP) is 11.9. The van der Waals surface area contributed by atoms with Crippen LogP contribution in [-0.2, 0) is 86.3 Å². The Morgan fingerprint density at radius 1 is 0.438 bits per heavy atom. The number of rotatable bonds is 9. The Kier molecular flexibility index (Phi) is 16.4. The molecule has 24 atom stereocenters. The first-order valence-corrected chi connectivity index (χ1v) is 31.1. The minimum atomic E-state index is -0.868. The molecule has 6 bridgehead atoms. The molecule has 12 heterocycles. The monoisotopic (exact) mass is 1130 g/mol. The van der Waals surface area contributed by atoms with E-state index in [0.29, 0.717) is 29.6 Å². The van der Waals surface area contributed by atoms with E-state index in [9.17, 15) is 14.4 Å². The Hall–Kier alpha value is -1.91. The Balaban J connectivity index is 0.000000136. The van der Waals surface area contributed by atoms with Crippen molar-refractivity contribution < 1.29 is 86.3 Å². The number of ketones is 1. The molecule has 0 amide bonds. The first kappa shape index (κ1) is 61.2. The lowest BCUT2D eigenvalue weighted by molar-refractivity contribution is -0.588. The van der Waals surface area contributed by atoms with Gasteiger partial charge in [0.1, 0.15) is 5.78 Å². The maximum atomic E-state index is 12.5. The first-order chi connectivity index (χ1) is 37.4. The van der Waals surface area contributed by atoms with Crippen molar-refractivity contribution in [1.82, 2.24) is 0 Å². The quantitative estimate of drug-likeness (QED) is 0.156. The van der Waals surface area contributed by atoms with Gasteiger partial charge in [0.15, 0.2) is 42.0 Å². The van der Waals surface area contributed by atoms with Crippen molar-refractivity contribution in [3.05, 3.63) is 0 Å². The second-order valence-electron chi connectivity index (χ2n) is 29.1. The number of Topliss-reactive ketones (excluding diaryl/α,β-unsaturated/α-hetero) is 1. The maximum Gasteiger partial charge on any atom is 0.310 e. The number of esters is 2. The van der Waals surface area contributed by atoms with Crippen molar-refractivity contribution >= 4 is 17.7 Å². The first-order valence-electron chi connectivity index (χ1n) is 31.1. The standard InChI is InChI=1S/C23H36O7.C20H32O6.C19H32O5/c1-13(2)17(24)7-8-18(25)26-19-15(4)21(5)11-9-14(3)16-10-12-22(6)28-20(27-19)23(16,21)30-29-22;1-11(2)15(21)22-16-13(4)18(5)9-7-12(3)14-8-10-19(6)24-17(23-16)20(14,18)26-25-19;1-11(2)20-15-13(4)17(5)9-7-12(3)14-8-10-18(6)22-16(21-15)19(14,17)24-23-18/h13-16,19-20H,7-12H2,1-6H3;11-14,16-17H,7-10H2,1-6H3;11-16H,7-10H2,1-6H3/t14-,15+,16+,19-,20-,21+,22-,23+;12-,13+,14+,16-,17-,18+,19-,20+;12-,13+,14+,15?,16-,17+,18-,19+/m111/s1. The largest absolute Gasteiger partial charge is 0.435 e. The minimum Gasteiger partial charge on any atom is -0.435 e. The number of carbonyl (C=O) groups excluding carboxylic acids is 3. The molecule has 18 heteroatoms. The number of hydrogen-bond donors (Lipinski definition) is 0. The van der Waals surface area contributed by atoms with Crippen LogP contribution < -0.4 is 0 Å². The van der Waals surface area contributed by atoms with Gasteiger partial charge in [-0.25, -0.2) is 29.3 Å². The Morgan fingerprint density at radius 2 is 0.787 bits per heavy atom. The molecule has 15 rings (SSSR count). The van der Waals surface area contributed by atoms with E-state index in [2.05, 4.69) is 76.2 Å². The zero-order valence-electron chi connectivity index (χ0n) is 51.6. The summed E-state index contributed by atoms with van der Waals surface area (Å²) in [4.78, 5) is 72.8. The van der Waals surface area contributed by atoms with Crippen molar-refractivity contribution in [2.45, 2.75) is 293 Å². The van der Waals surface area contributed by atoms with Gasteiger partial charge in [-0.3, -0.25) is 14.4 Å². The third-order valence-electron chi connectivity index (χ3n) is 23.3. The van der Waals surface area contributed by atoms with Crippen LogP contribution in [-0.4, -0.2) is 95.7 Å². The number of carbonyl (C=O) groups is 3. The summed E-state index contributed by atoms with van der Waals surface area (Å²) < 4.78 is 55.5. The summed E-state index contributed by atoms with van der Waals surface area (Å²) in [6.45, 7) is 37.2. The molecule has 456 valence electrons. The van der Waals surface area contributed by atoms with E-state index in [1.807, 2.05) is 48.5 Å².